The summed E-state index contributed by atoms with van der Waals surface area (Å²) in [4.78, 5) is 14.0. The molecule has 2 aliphatic heterocycles. The van der Waals surface area contributed by atoms with Gasteiger partial charge in [-0.15, -0.1) is 0 Å². The number of likely N-dealkylation sites (N-methyl/N-ethyl adjacent to an activating group) is 1. The van der Waals surface area contributed by atoms with Gasteiger partial charge >= 0.3 is 0 Å². The molecule has 0 aromatic rings. The van der Waals surface area contributed by atoms with Crippen LogP contribution in [0, 0.1) is 0 Å². The molecule has 0 unspecified atom stereocenters. The van der Waals surface area contributed by atoms with Crippen LogP contribution < -0.4 is 5.32 Å². The minimum atomic E-state index is -0.109. The second-order valence-corrected chi connectivity index (χ2v) is 4.56. The number of thiocarbonyl (C=S) groups is 1. The predicted octanol–water partition coefficient (Wildman–Crippen LogP) is 1.36. The predicted molar refractivity (Wildman–Crippen MR) is 61.4 cm³/mol. The number of carbonyl (C=O) groups is 1. The first kappa shape index (κ1) is 9.48. The van der Waals surface area contributed by atoms with E-state index in [0.29, 0.717) is 9.23 Å². The maximum absolute atomic E-state index is 11.5. The van der Waals surface area contributed by atoms with E-state index in [4.69, 9.17) is 12.2 Å². The van der Waals surface area contributed by atoms with Gasteiger partial charge in [0.1, 0.15) is 9.23 Å². The highest BCUT2D eigenvalue weighted by Crippen LogP contribution is 2.29. The van der Waals surface area contributed by atoms with Crippen LogP contribution >= 0.6 is 24.0 Å². The summed E-state index contributed by atoms with van der Waals surface area (Å²) in [6.45, 7) is 0. The molecule has 2 heterocycles. The Bertz CT molecular complexity index is 396. The number of hydrogen-bond donors (Lipinski definition) is 1. The third kappa shape index (κ3) is 1.60. The second-order valence-electron chi connectivity index (χ2n) is 2.87. The molecule has 1 amide bonds. The maximum atomic E-state index is 11.5. The Labute approximate surface area is 91.5 Å². The molecule has 5 heteroatoms. The van der Waals surface area contributed by atoms with Crippen molar-refractivity contribution >= 4 is 34.2 Å². The highest BCUT2D eigenvalue weighted by atomic mass is 32.2. The molecule has 0 atom stereocenters. The lowest BCUT2D eigenvalue weighted by molar-refractivity contribution is -0.115. The number of rotatable bonds is 0. The molecule has 0 saturated carbocycles. The number of hydrogen-bond acceptors (Lipinski definition) is 4. The Kier molecular flexibility index (Phi) is 2.43. The normalized spacial score (nSPS) is 25.9. The first-order valence-corrected chi connectivity index (χ1v) is 5.26. The van der Waals surface area contributed by atoms with Gasteiger partial charge in [0.25, 0.3) is 5.91 Å². The molecule has 2 rings (SSSR count). The van der Waals surface area contributed by atoms with Crippen LogP contribution in [0.2, 0.25) is 0 Å². The fourth-order valence-corrected chi connectivity index (χ4v) is 2.37. The summed E-state index contributed by atoms with van der Waals surface area (Å²) >= 11 is 6.22. The van der Waals surface area contributed by atoms with Gasteiger partial charge in [-0.1, -0.05) is 30.1 Å². The van der Waals surface area contributed by atoms with E-state index in [-0.39, 0.29) is 5.91 Å². The van der Waals surface area contributed by atoms with Crippen molar-refractivity contribution in [2.75, 3.05) is 7.05 Å². The zero-order valence-corrected chi connectivity index (χ0v) is 9.11. The van der Waals surface area contributed by atoms with Gasteiger partial charge in [0.15, 0.2) is 0 Å². The Hall–Kier alpha value is -1.07. The van der Waals surface area contributed by atoms with Crippen LogP contribution in [0.4, 0.5) is 0 Å². The van der Waals surface area contributed by atoms with E-state index < -0.39 is 0 Å². The highest BCUT2D eigenvalue weighted by Gasteiger charge is 2.26. The number of amides is 1. The molecule has 1 N–H and O–H groups in total. The fourth-order valence-electron chi connectivity index (χ4n) is 1.24. The third-order valence-corrected chi connectivity index (χ3v) is 3.14. The fraction of sp³-hybridized carbons (Fsp3) is 0.111. The van der Waals surface area contributed by atoms with Gasteiger partial charge in [-0.2, -0.15) is 0 Å². The van der Waals surface area contributed by atoms with E-state index in [1.54, 1.807) is 0 Å². The minimum absolute atomic E-state index is 0.109. The molecule has 1 fully saturated rings. The second kappa shape index (κ2) is 3.59. The molecule has 0 aromatic heterocycles. The van der Waals surface area contributed by atoms with Gasteiger partial charge in [0, 0.05) is 13.2 Å². The highest BCUT2D eigenvalue weighted by molar-refractivity contribution is 8.26. The first-order valence-electron chi connectivity index (χ1n) is 4.03. The summed E-state index contributed by atoms with van der Waals surface area (Å²) in [5.74, 6) is -0.109. The smallest absolute Gasteiger partial charge is 0.265 e. The molecule has 1 saturated heterocycles. The van der Waals surface area contributed by atoms with Crippen molar-refractivity contribution in [3.8, 4) is 0 Å². The average molecular weight is 224 g/mol. The molecular formula is C9H8N2OS2. The van der Waals surface area contributed by atoms with Gasteiger partial charge in [-0.05, 0) is 12.2 Å². The maximum Gasteiger partial charge on any atom is 0.265 e. The van der Waals surface area contributed by atoms with Crippen molar-refractivity contribution < 1.29 is 4.79 Å². The van der Waals surface area contributed by atoms with E-state index >= 15 is 0 Å². The average Bonchev–Trinajstić information content (AvgIpc) is 2.46. The molecular weight excluding hydrogens is 216 g/mol. The lowest BCUT2D eigenvalue weighted by Gasteiger charge is -2.18. The number of nitrogens with one attached hydrogen (secondary N) is 1. The summed E-state index contributed by atoms with van der Waals surface area (Å²) in [7, 11) is 1.90. The van der Waals surface area contributed by atoms with Crippen molar-refractivity contribution in [2.24, 2.45) is 0 Å². The lowest BCUT2D eigenvalue weighted by atomic mass is 10.2. The van der Waals surface area contributed by atoms with Gasteiger partial charge < -0.3 is 10.2 Å². The van der Waals surface area contributed by atoms with Gasteiger partial charge in [-0.3, -0.25) is 4.79 Å². The quantitative estimate of drug-likeness (QED) is 0.497. The number of thioether (sulfide) groups is 1. The third-order valence-electron chi connectivity index (χ3n) is 1.90. The van der Waals surface area contributed by atoms with E-state index in [0.717, 1.165) is 5.70 Å². The van der Waals surface area contributed by atoms with Crippen molar-refractivity contribution in [2.45, 2.75) is 0 Å². The SMILES string of the molecule is CN1C=CC=CC1=C1SC(=S)NC1=O. The Morgan fingerprint density at radius 2 is 2.29 bits per heavy atom. The van der Waals surface area contributed by atoms with Gasteiger partial charge in [-0.25, -0.2) is 0 Å². The van der Waals surface area contributed by atoms with E-state index in [9.17, 15) is 4.79 Å². The Morgan fingerprint density at radius 1 is 1.50 bits per heavy atom. The molecule has 3 nitrogen and oxygen atoms in total. The van der Waals surface area contributed by atoms with Gasteiger partial charge in [0.2, 0.25) is 0 Å². The molecule has 0 aromatic carbocycles. The number of carbonyl (C=O) groups excluding carboxylic acids is 1. The van der Waals surface area contributed by atoms with Crippen LogP contribution in [-0.4, -0.2) is 22.2 Å². The molecule has 2 aliphatic rings. The van der Waals surface area contributed by atoms with Crippen LogP contribution in [0.1, 0.15) is 0 Å². The molecule has 72 valence electrons. The van der Waals surface area contributed by atoms with Crippen molar-refractivity contribution in [1.82, 2.24) is 10.2 Å². The summed E-state index contributed by atoms with van der Waals surface area (Å²) < 4.78 is 0.522. The topological polar surface area (TPSA) is 32.3 Å². The summed E-state index contributed by atoms with van der Waals surface area (Å²) in [5.41, 5.74) is 0.884. The van der Waals surface area contributed by atoms with Gasteiger partial charge in [0.05, 0.1) is 5.70 Å². The minimum Gasteiger partial charge on any atom is -0.350 e. The number of nitrogens with zero attached hydrogens (tertiary/aromatic N) is 1. The Morgan fingerprint density at radius 3 is 2.86 bits per heavy atom. The van der Waals surface area contributed by atoms with Crippen molar-refractivity contribution in [1.29, 1.82) is 0 Å². The first-order chi connectivity index (χ1) is 6.68. The summed E-state index contributed by atoms with van der Waals surface area (Å²) in [6.07, 6.45) is 7.62. The van der Waals surface area contributed by atoms with E-state index in [2.05, 4.69) is 5.32 Å². The molecule has 0 radical (unpaired) electrons. The summed E-state index contributed by atoms with van der Waals surface area (Å²) in [6, 6.07) is 0. The Balaban J connectivity index is 2.40. The van der Waals surface area contributed by atoms with E-state index in [1.807, 2.05) is 36.4 Å². The van der Waals surface area contributed by atoms with Crippen LogP contribution in [0.15, 0.2) is 35.0 Å². The molecule has 14 heavy (non-hydrogen) atoms. The summed E-state index contributed by atoms with van der Waals surface area (Å²) in [5, 5.41) is 2.60. The van der Waals surface area contributed by atoms with Crippen LogP contribution in [0.5, 0.6) is 0 Å². The van der Waals surface area contributed by atoms with Crippen LogP contribution in [-0.2, 0) is 4.79 Å². The molecule has 0 bridgehead atoms. The zero-order valence-electron chi connectivity index (χ0n) is 7.48. The molecule has 0 aliphatic carbocycles. The number of allylic oxidation sites excluding steroid dienone is 3. The lowest BCUT2D eigenvalue weighted by Crippen LogP contribution is -2.20. The van der Waals surface area contributed by atoms with Crippen molar-refractivity contribution in [3.63, 3.8) is 0 Å². The monoisotopic (exact) mass is 224 g/mol. The van der Waals surface area contributed by atoms with Crippen LogP contribution in [0.3, 0.4) is 0 Å². The zero-order chi connectivity index (χ0) is 10.1. The van der Waals surface area contributed by atoms with E-state index in [1.165, 1.54) is 11.8 Å². The standard InChI is InChI=1S/C9H8N2OS2/c1-11-5-3-2-4-6(11)7-8(12)10-9(13)14-7/h2-5H,1H3,(H,10,12,13). The molecule has 0 spiro atoms. The largest absolute Gasteiger partial charge is 0.350 e. The van der Waals surface area contributed by atoms with Crippen LogP contribution in [0.25, 0.3) is 0 Å². The van der Waals surface area contributed by atoms with Crippen molar-refractivity contribution in [3.05, 3.63) is 35.0 Å².